The van der Waals surface area contributed by atoms with Gasteiger partial charge >= 0.3 is 5.97 Å². The second-order valence-corrected chi connectivity index (χ2v) is 7.65. The van der Waals surface area contributed by atoms with Gasteiger partial charge < -0.3 is 9.52 Å². The lowest BCUT2D eigenvalue weighted by Crippen LogP contribution is -2.22. The molecule has 2 saturated carbocycles. The topological polar surface area (TPSA) is 91.9 Å². The van der Waals surface area contributed by atoms with Crippen molar-refractivity contribution in [1.29, 1.82) is 0 Å². The molecule has 2 fully saturated rings. The van der Waals surface area contributed by atoms with Gasteiger partial charge in [0.15, 0.2) is 0 Å². The molecule has 2 aliphatic carbocycles. The first-order valence-electron chi connectivity index (χ1n) is 9.25. The van der Waals surface area contributed by atoms with E-state index in [2.05, 4.69) is 17.5 Å². The van der Waals surface area contributed by atoms with Crippen LogP contribution in [-0.2, 0) is 4.79 Å². The third-order valence-corrected chi connectivity index (χ3v) is 6.02. The summed E-state index contributed by atoms with van der Waals surface area (Å²) in [6, 6.07) is 10.00. The number of carbonyl (C=O) groups is 2. The largest absolute Gasteiger partial charge is 0.478 e. The fourth-order valence-electron chi connectivity index (χ4n) is 4.43. The Morgan fingerprint density at radius 3 is 2.67 bits per heavy atom. The molecule has 1 aromatic heterocycles. The Balaban J connectivity index is 1.36. The maximum absolute atomic E-state index is 12.4. The Morgan fingerprint density at radius 2 is 2.00 bits per heavy atom. The highest BCUT2D eigenvalue weighted by Crippen LogP contribution is 2.66. The summed E-state index contributed by atoms with van der Waals surface area (Å²) in [6.07, 6.45) is 6.18. The first-order chi connectivity index (χ1) is 13.0. The summed E-state index contributed by atoms with van der Waals surface area (Å²) in [5, 5.41) is 13.0. The molecule has 0 aliphatic heterocycles. The summed E-state index contributed by atoms with van der Waals surface area (Å²) in [7, 11) is 0. The van der Waals surface area contributed by atoms with Crippen molar-refractivity contribution in [3.63, 3.8) is 0 Å². The quantitative estimate of drug-likeness (QED) is 0.620. The predicted molar refractivity (Wildman–Crippen MR) is 100 cm³/mol. The van der Waals surface area contributed by atoms with Crippen LogP contribution in [0, 0.1) is 17.3 Å². The Hall–Kier alpha value is -2.89. The number of nitrogens with zero attached hydrogens (tertiary/aromatic N) is 1. The van der Waals surface area contributed by atoms with Crippen molar-refractivity contribution in [2.24, 2.45) is 22.4 Å². The molecule has 0 spiro atoms. The van der Waals surface area contributed by atoms with E-state index in [1.807, 2.05) is 0 Å². The minimum Gasteiger partial charge on any atom is -0.478 e. The molecule has 6 heteroatoms. The van der Waals surface area contributed by atoms with Gasteiger partial charge in [-0.3, -0.25) is 4.79 Å². The van der Waals surface area contributed by atoms with E-state index in [9.17, 15) is 9.59 Å². The van der Waals surface area contributed by atoms with Gasteiger partial charge in [-0.05, 0) is 48.4 Å². The van der Waals surface area contributed by atoms with Crippen molar-refractivity contribution in [1.82, 2.24) is 5.43 Å². The second kappa shape index (κ2) is 6.68. The fourth-order valence-corrected chi connectivity index (χ4v) is 4.43. The summed E-state index contributed by atoms with van der Waals surface area (Å²) in [6.45, 7) is 2.21. The first kappa shape index (κ1) is 17.5. The Bertz CT molecular complexity index is 899. The van der Waals surface area contributed by atoms with Crippen LogP contribution in [0.25, 0.3) is 11.3 Å². The van der Waals surface area contributed by atoms with E-state index in [0.29, 0.717) is 17.4 Å². The van der Waals surface area contributed by atoms with Crippen LogP contribution in [0.1, 0.15) is 48.7 Å². The highest BCUT2D eigenvalue weighted by molar-refractivity contribution is 5.88. The molecule has 0 bridgehead atoms. The number of carboxylic acids is 1. The summed E-state index contributed by atoms with van der Waals surface area (Å²) < 4.78 is 5.69. The van der Waals surface area contributed by atoms with E-state index in [-0.39, 0.29) is 22.8 Å². The van der Waals surface area contributed by atoms with Crippen molar-refractivity contribution in [2.75, 3.05) is 0 Å². The zero-order valence-electron chi connectivity index (χ0n) is 15.1. The number of carbonyl (C=O) groups excluding carboxylic acids is 1. The number of furan rings is 1. The van der Waals surface area contributed by atoms with Gasteiger partial charge in [0.25, 0.3) is 0 Å². The summed E-state index contributed by atoms with van der Waals surface area (Å²) in [4.78, 5) is 23.3. The highest BCUT2D eigenvalue weighted by atomic mass is 16.4. The lowest BCUT2D eigenvalue weighted by atomic mass is 9.90. The Kier molecular flexibility index (Phi) is 4.34. The standard InChI is InChI=1S/C21H22N2O4/c1-21-11-3-2-4-16(21)18(21)19(24)23-22-12-15-9-10-17(27-15)13-5-7-14(8-6-13)20(25)26/h5-10,12,16,18H,2-4,11H2,1H3,(H,23,24)(H,25,26)/b22-12+/t16-,18-,21+/m1/s1. The van der Waals surface area contributed by atoms with Crippen LogP contribution in [-0.4, -0.2) is 23.2 Å². The highest BCUT2D eigenvalue weighted by Gasteiger charge is 2.64. The third kappa shape index (κ3) is 3.27. The van der Waals surface area contributed by atoms with Crippen LogP contribution >= 0.6 is 0 Å². The van der Waals surface area contributed by atoms with Crippen LogP contribution in [0.2, 0.25) is 0 Å². The number of carboxylic acid groups (broad SMARTS) is 1. The van der Waals surface area contributed by atoms with Crippen molar-refractivity contribution < 1.29 is 19.1 Å². The third-order valence-electron chi connectivity index (χ3n) is 6.02. The van der Waals surface area contributed by atoms with Crippen LogP contribution in [0.15, 0.2) is 45.9 Å². The average molecular weight is 366 g/mol. The van der Waals surface area contributed by atoms with Gasteiger partial charge in [0, 0.05) is 11.5 Å². The lowest BCUT2D eigenvalue weighted by molar-refractivity contribution is -0.123. The molecule has 6 nitrogen and oxygen atoms in total. The van der Waals surface area contributed by atoms with E-state index in [0.717, 1.165) is 18.4 Å². The summed E-state index contributed by atoms with van der Waals surface area (Å²) in [5.41, 5.74) is 3.82. The molecule has 0 unspecified atom stereocenters. The number of hydrogen-bond donors (Lipinski definition) is 2. The number of rotatable bonds is 5. The maximum Gasteiger partial charge on any atom is 0.335 e. The fraction of sp³-hybridized carbons (Fsp3) is 0.381. The van der Waals surface area contributed by atoms with Crippen molar-refractivity contribution in [3.8, 4) is 11.3 Å². The van der Waals surface area contributed by atoms with Gasteiger partial charge in [-0.15, -0.1) is 0 Å². The molecule has 1 aromatic carbocycles. The average Bonchev–Trinajstić information content (AvgIpc) is 3.03. The molecule has 1 heterocycles. The molecule has 2 aromatic rings. The zero-order valence-corrected chi connectivity index (χ0v) is 15.1. The van der Waals surface area contributed by atoms with E-state index in [4.69, 9.17) is 9.52 Å². The molecule has 0 saturated heterocycles. The van der Waals surface area contributed by atoms with Gasteiger partial charge in [0.05, 0.1) is 11.8 Å². The molecule has 4 rings (SSSR count). The number of benzene rings is 1. The van der Waals surface area contributed by atoms with E-state index in [1.54, 1.807) is 24.3 Å². The van der Waals surface area contributed by atoms with Crippen LogP contribution in [0.5, 0.6) is 0 Å². The smallest absolute Gasteiger partial charge is 0.335 e. The number of hydrazone groups is 1. The van der Waals surface area contributed by atoms with Crippen molar-refractivity contribution >= 4 is 18.1 Å². The van der Waals surface area contributed by atoms with Crippen molar-refractivity contribution in [2.45, 2.75) is 32.6 Å². The normalized spacial score (nSPS) is 26.6. The SMILES string of the molecule is C[C@]12CCCC[C@@H]1[C@@H]2C(=O)N/N=C/c1ccc(-c2ccc(C(=O)O)cc2)o1. The summed E-state index contributed by atoms with van der Waals surface area (Å²) >= 11 is 0. The molecule has 1 amide bonds. The maximum atomic E-state index is 12.4. The lowest BCUT2D eigenvalue weighted by Gasteiger charge is -2.15. The van der Waals surface area contributed by atoms with Crippen LogP contribution in [0.4, 0.5) is 0 Å². The number of hydrogen-bond acceptors (Lipinski definition) is 4. The predicted octanol–water partition coefficient (Wildman–Crippen LogP) is 3.92. The Morgan fingerprint density at radius 1 is 1.22 bits per heavy atom. The van der Waals surface area contributed by atoms with Crippen LogP contribution < -0.4 is 5.43 Å². The van der Waals surface area contributed by atoms with Gasteiger partial charge in [0.2, 0.25) is 5.91 Å². The minimum atomic E-state index is -0.964. The molecule has 0 radical (unpaired) electrons. The van der Waals surface area contributed by atoms with Gasteiger partial charge in [0.1, 0.15) is 11.5 Å². The molecule has 3 atom stereocenters. The first-order valence-corrected chi connectivity index (χ1v) is 9.25. The van der Waals surface area contributed by atoms with E-state index < -0.39 is 5.97 Å². The van der Waals surface area contributed by atoms with Crippen molar-refractivity contribution in [3.05, 3.63) is 47.7 Å². The minimum absolute atomic E-state index is 0.00307. The number of fused-ring (bicyclic) bond motifs is 1. The van der Waals surface area contributed by atoms with E-state index in [1.165, 1.54) is 31.2 Å². The number of nitrogens with one attached hydrogen (secondary N) is 1. The molecular weight excluding hydrogens is 344 g/mol. The number of aromatic carboxylic acids is 1. The molecular formula is C21H22N2O4. The molecule has 27 heavy (non-hydrogen) atoms. The van der Waals surface area contributed by atoms with Gasteiger partial charge in [-0.25, -0.2) is 10.2 Å². The number of amides is 1. The van der Waals surface area contributed by atoms with Gasteiger partial charge in [-0.1, -0.05) is 31.9 Å². The molecule has 140 valence electrons. The van der Waals surface area contributed by atoms with Gasteiger partial charge in [-0.2, -0.15) is 5.10 Å². The second-order valence-electron chi connectivity index (χ2n) is 7.65. The van der Waals surface area contributed by atoms with E-state index >= 15 is 0 Å². The molecule has 2 aliphatic rings. The zero-order chi connectivity index (χ0) is 19.0. The Labute approximate surface area is 157 Å². The summed E-state index contributed by atoms with van der Waals surface area (Å²) in [5.74, 6) is 0.751. The van der Waals surface area contributed by atoms with Crippen LogP contribution in [0.3, 0.4) is 0 Å². The molecule has 2 N–H and O–H groups in total. The monoisotopic (exact) mass is 366 g/mol.